The summed E-state index contributed by atoms with van der Waals surface area (Å²) >= 11 is 0. The van der Waals surface area contributed by atoms with E-state index < -0.39 is 22.9 Å². The van der Waals surface area contributed by atoms with Gasteiger partial charge in [-0.3, -0.25) is 9.59 Å². The van der Waals surface area contributed by atoms with Gasteiger partial charge in [-0.25, -0.2) is 0 Å². The lowest BCUT2D eigenvalue weighted by atomic mass is 9.70. The molecule has 392 valence electrons. The molecule has 3 fully saturated rings. The maximum atomic E-state index is 11.9. The van der Waals surface area contributed by atoms with Gasteiger partial charge in [-0.15, -0.1) is 0 Å². The van der Waals surface area contributed by atoms with Crippen LogP contribution in [0.5, 0.6) is 17.2 Å². The average Bonchev–Trinajstić information content (AvgIpc) is 3.32. The molecule has 9 atom stereocenters. The van der Waals surface area contributed by atoms with Crippen molar-refractivity contribution in [3.63, 3.8) is 0 Å². The third-order valence-corrected chi connectivity index (χ3v) is 14.1. The van der Waals surface area contributed by atoms with E-state index >= 15 is 0 Å². The van der Waals surface area contributed by atoms with Crippen molar-refractivity contribution in [2.45, 2.75) is 132 Å². The van der Waals surface area contributed by atoms with Gasteiger partial charge in [0.05, 0.1) is 44.2 Å². The Kier molecular flexibility index (Phi) is 22.9. The lowest BCUT2D eigenvalue weighted by Crippen LogP contribution is -2.47. The molecule has 3 saturated carbocycles. The minimum absolute atomic E-state index is 0.0794. The largest absolute Gasteiger partial charge is 0.497 e. The van der Waals surface area contributed by atoms with E-state index in [9.17, 15) is 30.0 Å². The molecule has 0 saturated heterocycles. The Labute approximate surface area is 419 Å². The SMILES string of the molecule is CCCC(=O)OC1CCC(CN(C)C)C(O)(c2cccc(OC)c2)C1.CCCC(=O)OC1CCC(CN(C)C)C(O)(c2cccc(OC)c2)C1.COc1cccc(C2(O)CC(O)CCC2CN(C)C)c1. The molecule has 0 spiro atoms. The van der Waals surface area contributed by atoms with Crippen LogP contribution < -0.4 is 14.2 Å². The summed E-state index contributed by atoms with van der Waals surface area (Å²) in [5.74, 6) is 2.11. The summed E-state index contributed by atoms with van der Waals surface area (Å²) in [6.07, 6.45) is 7.51. The monoisotopic (exact) mass is 978 g/mol. The van der Waals surface area contributed by atoms with Crippen LogP contribution in [0.1, 0.15) is 114 Å². The summed E-state index contributed by atoms with van der Waals surface area (Å²) in [4.78, 5) is 30.1. The van der Waals surface area contributed by atoms with Crippen LogP contribution in [0.3, 0.4) is 0 Å². The first-order valence-corrected chi connectivity index (χ1v) is 25.3. The Hall–Kier alpha value is -4.28. The van der Waals surface area contributed by atoms with E-state index in [1.54, 1.807) is 21.3 Å². The number of methoxy groups -OCH3 is 3. The quantitative estimate of drug-likeness (QED) is 0.0924. The van der Waals surface area contributed by atoms with E-state index in [0.29, 0.717) is 32.1 Å². The van der Waals surface area contributed by atoms with Gasteiger partial charge in [0.15, 0.2) is 0 Å². The third-order valence-electron chi connectivity index (χ3n) is 14.1. The zero-order valence-corrected chi connectivity index (χ0v) is 44.2. The van der Waals surface area contributed by atoms with Gasteiger partial charge in [-0.05, 0) is 147 Å². The van der Waals surface area contributed by atoms with Gasteiger partial charge in [-0.1, -0.05) is 50.2 Å². The number of nitrogens with zero attached hydrogens (tertiary/aromatic N) is 3. The minimum Gasteiger partial charge on any atom is -0.497 e. The summed E-state index contributed by atoms with van der Waals surface area (Å²) in [5.41, 5.74) is -0.564. The smallest absolute Gasteiger partial charge is 0.306 e. The molecule has 4 N–H and O–H groups in total. The number of carbonyl (C=O) groups excluding carboxylic acids is 2. The molecular weight excluding hydrogens is 891 g/mol. The van der Waals surface area contributed by atoms with E-state index in [-0.39, 0.29) is 41.9 Å². The number of hydrogen-bond acceptors (Lipinski definition) is 14. The number of rotatable bonds is 18. The first-order valence-electron chi connectivity index (χ1n) is 25.3. The molecule has 3 aromatic carbocycles. The molecule has 0 radical (unpaired) electrons. The molecule has 9 unspecified atom stereocenters. The maximum absolute atomic E-state index is 11.9. The zero-order valence-electron chi connectivity index (χ0n) is 44.2. The molecular formula is C56H87N3O11. The standard InChI is InChI=1S/2C20H31NO4.C16H25NO3/c2*1-5-7-19(22)25-18-11-10-16(14-21(2)3)20(23,13-18)15-8-6-9-17(12-15)24-4;1-17(2)11-13-7-8-14(18)10-16(13,19)12-5-4-6-15(9-12)20-3/h2*6,8-9,12,16,18,23H,5,7,10-11,13-14H2,1-4H3;4-6,9,13-14,18-19H,7-8,10-11H2,1-3H3. The lowest BCUT2D eigenvalue weighted by Gasteiger charge is -2.44. The number of aliphatic hydroxyl groups excluding tert-OH is 1. The fourth-order valence-corrected chi connectivity index (χ4v) is 10.6. The van der Waals surface area contributed by atoms with Crippen molar-refractivity contribution < 1.29 is 53.7 Å². The van der Waals surface area contributed by atoms with Crippen molar-refractivity contribution >= 4 is 11.9 Å². The minimum atomic E-state index is -1.03. The second kappa shape index (κ2) is 27.5. The normalized spacial score (nSPS) is 27.6. The molecule has 70 heavy (non-hydrogen) atoms. The first-order chi connectivity index (χ1) is 33.2. The van der Waals surface area contributed by atoms with E-state index in [2.05, 4.69) is 14.7 Å². The lowest BCUT2D eigenvalue weighted by molar-refractivity contribution is -0.162. The Morgan fingerprint density at radius 3 is 1.13 bits per heavy atom. The third kappa shape index (κ3) is 16.4. The molecule has 0 aliphatic heterocycles. The summed E-state index contributed by atoms with van der Waals surface area (Å²) in [6, 6.07) is 22.7. The molecule has 0 aromatic heterocycles. The van der Waals surface area contributed by atoms with Crippen molar-refractivity contribution in [2.75, 3.05) is 83.2 Å². The molecule has 14 heteroatoms. The Balaban J connectivity index is 0.000000230. The van der Waals surface area contributed by atoms with Gasteiger partial charge in [0, 0.05) is 69.5 Å². The van der Waals surface area contributed by atoms with E-state index in [1.807, 2.05) is 129 Å². The maximum Gasteiger partial charge on any atom is 0.306 e. The molecule has 3 aromatic rings. The van der Waals surface area contributed by atoms with E-state index in [1.165, 1.54) is 0 Å². The summed E-state index contributed by atoms with van der Waals surface area (Å²) in [7, 11) is 16.9. The number of ether oxygens (including phenoxy) is 5. The van der Waals surface area contributed by atoms with Crippen LogP contribution in [0.15, 0.2) is 72.8 Å². The van der Waals surface area contributed by atoms with Crippen LogP contribution >= 0.6 is 0 Å². The van der Waals surface area contributed by atoms with Crippen molar-refractivity contribution in [1.82, 2.24) is 14.7 Å². The summed E-state index contributed by atoms with van der Waals surface area (Å²) in [5, 5.41) is 44.4. The topological polar surface area (TPSA) is 171 Å². The fourth-order valence-electron chi connectivity index (χ4n) is 10.6. The van der Waals surface area contributed by atoms with Crippen molar-refractivity contribution in [3.8, 4) is 17.2 Å². The van der Waals surface area contributed by atoms with Gasteiger partial charge in [0.2, 0.25) is 0 Å². The van der Waals surface area contributed by atoms with E-state index in [0.717, 1.165) is 105 Å². The average molecular weight is 978 g/mol. The number of aliphatic hydroxyl groups is 4. The number of hydrogen-bond donors (Lipinski definition) is 4. The second-order valence-corrected chi connectivity index (χ2v) is 20.6. The molecule has 6 rings (SSSR count). The molecule has 3 aliphatic rings. The van der Waals surface area contributed by atoms with Crippen LogP contribution in [0, 0.1) is 17.8 Å². The van der Waals surface area contributed by atoms with Crippen molar-refractivity contribution in [3.05, 3.63) is 89.5 Å². The summed E-state index contributed by atoms with van der Waals surface area (Å²) in [6.45, 7) is 6.29. The van der Waals surface area contributed by atoms with Crippen LogP contribution in [0.4, 0.5) is 0 Å². The van der Waals surface area contributed by atoms with E-state index in [4.69, 9.17) is 23.7 Å². The predicted molar refractivity (Wildman–Crippen MR) is 274 cm³/mol. The molecule has 3 aliphatic carbocycles. The molecule has 0 bridgehead atoms. The van der Waals surface area contributed by atoms with Crippen LogP contribution in [0.25, 0.3) is 0 Å². The fraction of sp³-hybridized carbons (Fsp3) is 0.643. The van der Waals surface area contributed by atoms with Crippen LogP contribution in [-0.2, 0) is 35.9 Å². The number of esters is 2. The molecule has 0 amide bonds. The van der Waals surface area contributed by atoms with Gasteiger partial charge < -0.3 is 58.8 Å². The summed E-state index contributed by atoms with van der Waals surface area (Å²) < 4.78 is 27.1. The predicted octanol–water partition coefficient (Wildman–Crippen LogP) is 7.52. The highest BCUT2D eigenvalue weighted by Crippen LogP contribution is 2.46. The number of benzene rings is 3. The van der Waals surface area contributed by atoms with Gasteiger partial charge in [0.1, 0.15) is 29.5 Å². The Morgan fingerprint density at radius 2 is 0.829 bits per heavy atom. The molecule has 14 nitrogen and oxygen atoms in total. The molecule has 0 heterocycles. The highest BCUT2D eigenvalue weighted by atomic mass is 16.5. The van der Waals surface area contributed by atoms with Gasteiger partial charge in [0.25, 0.3) is 0 Å². The van der Waals surface area contributed by atoms with Crippen LogP contribution in [0.2, 0.25) is 0 Å². The number of carbonyl (C=O) groups is 2. The van der Waals surface area contributed by atoms with Crippen LogP contribution in [-0.4, -0.2) is 149 Å². The Morgan fingerprint density at radius 1 is 0.514 bits per heavy atom. The van der Waals surface area contributed by atoms with Gasteiger partial charge in [-0.2, -0.15) is 0 Å². The Bertz CT molecular complexity index is 1950. The first kappa shape index (κ1) is 58.3. The second-order valence-electron chi connectivity index (χ2n) is 20.6. The van der Waals surface area contributed by atoms with Crippen molar-refractivity contribution in [2.24, 2.45) is 17.8 Å². The highest BCUT2D eigenvalue weighted by Gasteiger charge is 2.47. The zero-order chi connectivity index (χ0) is 51.6. The van der Waals surface area contributed by atoms with Gasteiger partial charge >= 0.3 is 11.9 Å². The van der Waals surface area contributed by atoms with Crippen molar-refractivity contribution in [1.29, 1.82) is 0 Å². The highest BCUT2D eigenvalue weighted by molar-refractivity contribution is 5.69.